The van der Waals surface area contributed by atoms with Gasteiger partial charge < -0.3 is 9.36 Å². The van der Waals surface area contributed by atoms with Gasteiger partial charge in [0, 0.05) is 10.8 Å². The smallest absolute Gasteiger partial charge is 0.197 e. The second-order valence-electron chi connectivity index (χ2n) is 5.48. The molecule has 0 spiro atoms. The molecule has 0 saturated heterocycles. The topological polar surface area (TPSA) is 39.1 Å². The van der Waals surface area contributed by atoms with E-state index in [0.717, 1.165) is 22.2 Å². The average molecular weight is 341 g/mol. The Hall–Kier alpha value is -2.42. The Morgan fingerprint density at radius 3 is 2.20 bits per heavy atom. The van der Waals surface area contributed by atoms with Crippen LogP contribution in [0.15, 0.2) is 35.1 Å². The number of fused-ring (bicyclic) bond motifs is 2. The van der Waals surface area contributed by atoms with E-state index in [1.54, 1.807) is 10.6 Å². The molecule has 1 aromatic heterocycles. The van der Waals surface area contributed by atoms with Gasteiger partial charge in [-0.25, -0.2) is 0 Å². The molecule has 25 heavy (non-hydrogen) atoms. The first-order valence-electron chi connectivity index (χ1n) is 9.42. The summed E-state index contributed by atoms with van der Waals surface area (Å²) in [4.78, 5) is 24.2. The summed E-state index contributed by atoms with van der Waals surface area (Å²) in [5, 5.41) is 1.18. The van der Waals surface area contributed by atoms with Gasteiger partial charge in [0.2, 0.25) is 0 Å². The van der Waals surface area contributed by atoms with Gasteiger partial charge in [0.05, 0.1) is 17.6 Å². The van der Waals surface area contributed by atoms with Crippen molar-refractivity contribution in [1.29, 1.82) is 0 Å². The lowest BCUT2D eigenvalue weighted by Crippen LogP contribution is -2.13. The molecular weight excluding hydrogens is 310 g/mol. The first-order chi connectivity index (χ1) is 12.4. The predicted octanol–water partition coefficient (Wildman–Crippen LogP) is 5.33. The van der Waals surface area contributed by atoms with Crippen molar-refractivity contribution < 1.29 is 6.17 Å². The molecule has 3 nitrogen and oxygen atoms in total. The number of benzene rings is 2. The van der Waals surface area contributed by atoms with Crippen LogP contribution >= 0.6 is 0 Å². The minimum Gasteiger partial charge on any atom is -0.333 e. The molecule has 0 bridgehead atoms. The van der Waals surface area contributed by atoms with Gasteiger partial charge in [-0.3, -0.25) is 4.79 Å². The van der Waals surface area contributed by atoms with Crippen molar-refractivity contribution in [3.8, 4) is 0 Å². The van der Waals surface area contributed by atoms with E-state index in [1.807, 2.05) is 72.7 Å². The SMILES string of the molecule is CC.CC.[3H]C(=O)Cn1c2cc(C)ccc2c(=O)c2ccc(C)c(C)c21. The van der Waals surface area contributed by atoms with Gasteiger partial charge in [0.15, 0.2) is 5.43 Å². The molecule has 0 aliphatic heterocycles. The highest BCUT2D eigenvalue weighted by Crippen LogP contribution is 2.24. The largest absolute Gasteiger partial charge is 0.333 e. The van der Waals surface area contributed by atoms with E-state index in [4.69, 9.17) is 1.37 Å². The molecule has 0 atom stereocenters. The molecule has 2 aromatic carbocycles. The summed E-state index contributed by atoms with van der Waals surface area (Å²) in [6.45, 7) is 13.8. The third-order valence-corrected chi connectivity index (χ3v) is 4.13. The van der Waals surface area contributed by atoms with Crippen molar-refractivity contribution >= 4 is 28.1 Å². The molecule has 3 rings (SSSR count). The Morgan fingerprint density at radius 1 is 1.00 bits per heavy atom. The fourth-order valence-electron chi connectivity index (χ4n) is 2.88. The van der Waals surface area contributed by atoms with Crippen molar-refractivity contribution in [2.45, 2.75) is 55.0 Å². The van der Waals surface area contributed by atoms with Gasteiger partial charge in [-0.1, -0.05) is 39.8 Å². The number of carbonyl (C=O) groups excluding carboxylic acids is 1. The van der Waals surface area contributed by atoms with Crippen LogP contribution < -0.4 is 5.43 Å². The molecule has 0 aliphatic rings. The van der Waals surface area contributed by atoms with Crippen molar-refractivity contribution in [3.05, 3.63) is 57.2 Å². The fourth-order valence-corrected chi connectivity index (χ4v) is 2.88. The number of rotatable bonds is 2. The van der Waals surface area contributed by atoms with Crippen molar-refractivity contribution in [2.75, 3.05) is 0 Å². The Morgan fingerprint density at radius 2 is 1.60 bits per heavy atom. The van der Waals surface area contributed by atoms with E-state index in [2.05, 4.69) is 0 Å². The Balaban J connectivity index is 0.000000791. The van der Waals surface area contributed by atoms with Gasteiger partial charge in [-0.2, -0.15) is 0 Å². The number of aldehydes is 1. The van der Waals surface area contributed by atoms with Gasteiger partial charge >= 0.3 is 0 Å². The zero-order valence-electron chi connectivity index (χ0n) is 17.4. The third-order valence-electron chi connectivity index (χ3n) is 4.13. The van der Waals surface area contributed by atoms with E-state index in [0.29, 0.717) is 16.3 Å². The molecule has 0 saturated carbocycles. The molecular formula is C22H29NO2. The van der Waals surface area contributed by atoms with Crippen LogP contribution in [0.1, 0.15) is 45.8 Å². The Kier molecular flexibility index (Phi) is 6.93. The number of carbonyl (C=O) groups is 1. The summed E-state index contributed by atoms with van der Waals surface area (Å²) >= 11 is 0. The first-order valence-corrected chi connectivity index (χ1v) is 8.92. The highest BCUT2D eigenvalue weighted by atomic mass is 16.1. The molecule has 0 radical (unpaired) electrons. The van der Waals surface area contributed by atoms with E-state index in [1.165, 1.54) is 0 Å². The van der Waals surface area contributed by atoms with Gasteiger partial charge in [-0.15, -0.1) is 0 Å². The number of hydrogen-bond donors (Lipinski definition) is 0. The number of aryl methyl sites for hydroxylation is 3. The van der Waals surface area contributed by atoms with Crippen molar-refractivity contribution in [2.24, 2.45) is 0 Å². The molecule has 0 amide bonds. The quantitative estimate of drug-likeness (QED) is 0.467. The Labute approximate surface area is 151 Å². The van der Waals surface area contributed by atoms with Crippen LogP contribution in [0.3, 0.4) is 0 Å². The van der Waals surface area contributed by atoms with Crippen LogP contribution in [0.5, 0.6) is 0 Å². The zero-order chi connectivity index (χ0) is 20.0. The standard InChI is InChI=1S/C18H17NO2.2C2H6/c1-11-4-6-14-16(10-11)19(8-9-20)17-13(3)12(2)5-7-15(17)18(14)21;2*1-2/h4-7,9-10H,8H2,1-3H3;2*1-2H3/i9T;;. The highest BCUT2D eigenvalue weighted by molar-refractivity contribution is 5.96. The number of aromatic nitrogens is 1. The molecule has 3 heteroatoms. The fraction of sp³-hybridized carbons (Fsp3) is 0.364. The average Bonchev–Trinajstić information content (AvgIpc) is 2.64. The molecule has 0 N–H and O–H groups in total. The lowest BCUT2D eigenvalue weighted by atomic mass is 10.0. The number of hydrogen-bond acceptors (Lipinski definition) is 2. The summed E-state index contributed by atoms with van der Waals surface area (Å²) in [6, 6.07) is 9.33. The molecule has 0 fully saturated rings. The minimum atomic E-state index is -0.673. The lowest BCUT2D eigenvalue weighted by molar-refractivity contribution is -0.108. The van der Waals surface area contributed by atoms with Crippen LogP contribution in [-0.2, 0) is 11.3 Å². The maximum Gasteiger partial charge on any atom is 0.197 e. The van der Waals surface area contributed by atoms with Gasteiger partial charge in [-0.05, 0) is 55.7 Å². The van der Waals surface area contributed by atoms with E-state index >= 15 is 0 Å². The minimum absolute atomic E-state index is 0.0261. The van der Waals surface area contributed by atoms with Crippen LogP contribution in [0.25, 0.3) is 21.8 Å². The lowest BCUT2D eigenvalue weighted by Gasteiger charge is -2.16. The van der Waals surface area contributed by atoms with Crippen molar-refractivity contribution in [3.63, 3.8) is 0 Å². The van der Waals surface area contributed by atoms with Gasteiger partial charge in [0.1, 0.15) is 7.63 Å². The van der Waals surface area contributed by atoms with Crippen LogP contribution in [0.2, 0.25) is 0 Å². The first kappa shape index (κ1) is 18.9. The second-order valence-corrected chi connectivity index (χ2v) is 5.48. The predicted molar refractivity (Wildman–Crippen MR) is 109 cm³/mol. The number of pyridine rings is 1. The van der Waals surface area contributed by atoms with Gasteiger partial charge in [0.25, 0.3) is 0 Å². The van der Waals surface area contributed by atoms with E-state index in [9.17, 15) is 9.59 Å². The summed E-state index contributed by atoms with van der Waals surface area (Å²) in [5.41, 5.74) is 4.49. The molecule has 134 valence electrons. The zero-order valence-corrected chi connectivity index (χ0v) is 16.4. The molecule has 1 heterocycles. The normalized spacial score (nSPS) is 10.4. The summed E-state index contributed by atoms with van der Waals surface area (Å²) in [5.74, 6) is 0. The summed E-state index contributed by atoms with van der Waals surface area (Å²) < 4.78 is 9.16. The van der Waals surface area contributed by atoms with Crippen LogP contribution in [-0.4, -0.2) is 10.8 Å². The summed E-state index contributed by atoms with van der Waals surface area (Å²) in [6.07, 6.45) is -0.673. The maximum absolute atomic E-state index is 12.8. The Bertz CT molecular complexity index is 987. The molecule has 3 aromatic rings. The highest BCUT2D eigenvalue weighted by Gasteiger charge is 2.13. The third kappa shape index (κ3) is 3.81. The van der Waals surface area contributed by atoms with Crippen LogP contribution in [0, 0.1) is 20.8 Å². The summed E-state index contributed by atoms with van der Waals surface area (Å²) in [7, 11) is 0. The molecule has 0 aliphatic carbocycles. The van der Waals surface area contributed by atoms with E-state index < -0.39 is 6.26 Å². The monoisotopic (exact) mass is 341 g/mol. The maximum atomic E-state index is 12.8. The number of nitrogens with zero attached hydrogens (tertiary/aromatic N) is 1. The van der Waals surface area contributed by atoms with Crippen LogP contribution in [0.4, 0.5) is 0 Å². The molecule has 0 unspecified atom stereocenters. The second kappa shape index (κ2) is 9.16. The van der Waals surface area contributed by atoms with E-state index in [-0.39, 0.29) is 12.0 Å². The van der Waals surface area contributed by atoms with Crippen molar-refractivity contribution in [1.82, 2.24) is 4.57 Å².